The van der Waals surface area contributed by atoms with Crippen LogP contribution >= 0.6 is 11.3 Å². The third kappa shape index (κ3) is 5.67. The molecule has 1 unspecified atom stereocenters. The highest BCUT2D eigenvalue weighted by Crippen LogP contribution is 2.34. The molecule has 1 aromatic heterocycles. The summed E-state index contributed by atoms with van der Waals surface area (Å²) in [6.07, 6.45) is 2.84. The highest BCUT2D eigenvalue weighted by molar-refractivity contribution is 7.89. The maximum atomic E-state index is 13.8. The molecule has 2 saturated heterocycles. The first-order chi connectivity index (χ1) is 17.8. The van der Waals surface area contributed by atoms with Gasteiger partial charge in [0.15, 0.2) is 5.13 Å². The topological polar surface area (TPSA) is 89.0 Å². The van der Waals surface area contributed by atoms with Crippen LogP contribution in [-0.2, 0) is 19.6 Å². The largest absolute Gasteiger partial charge is 0.494 e. The van der Waals surface area contributed by atoms with Crippen LogP contribution < -0.4 is 9.64 Å². The van der Waals surface area contributed by atoms with Crippen molar-refractivity contribution in [2.45, 2.75) is 50.5 Å². The molecule has 0 bridgehead atoms. The Balaban J connectivity index is 1.33. The van der Waals surface area contributed by atoms with Crippen LogP contribution in [0.15, 0.2) is 47.4 Å². The van der Waals surface area contributed by atoms with Crippen LogP contribution in [0.3, 0.4) is 0 Å². The lowest BCUT2D eigenvalue weighted by Crippen LogP contribution is -2.46. The van der Waals surface area contributed by atoms with Gasteiger partial charge in [0.05, 0.1) is 34.4 Å². The molecule has 2 aliphatic rings. The fraction of sp³-hybridized carbons (Fsp3) is 0.481. The quantitative estimate of drug-likeness (QED) is 0.412. The molecule has 0 radical (unpaired) electrons. The van der Waals surface area contributed by atoms with Gasteiger partial charge < -0.3 is 9.47 Å². The summed E-state index contributed by atoms with van der Waals surface area (Å²) < 4.78 is 40.2. The monoisotopic (exact) mass is 543 g/mol. The number of aryl methyl sites for hydroxylation is 1. The smallest absolute Gasteiger partial charge is 0.243 e. The summed E-state index contributed by atoms with van der Waals surface area (Å²) in [6.45, 7) is 6.26. The number of hydrogen-bond donors (Lipinski definition) is 0. The van der Waals surface area contributed by atoms with Gasteiger partial charge in [0.1, 0.15) is 5.75 Å². The van der Waals surface area contributed by atoms with Gasteiger partial charge in [-0.15, -0.1) is 0 Å². The molecule has 0 aliphatic carbocycles. The number of aromatic nitrogens is 1. The number of piperidine rings is 1. The van der Waals surface area contributed by atoms with E-state index < -0.39 is 10.0 Å². The van der Waals surface area contributed by atoms with Crippen molar-refractivity contribution in [1.29, 1.82) is 0 Å². The van der Waals surface area contributed by atoms with E-state index in [1.807, 2.05) is 44.2 Å². The molecule has 0 N–H and O–H groups in total. The predicted molar refractivity (Wildman–Crippen MR) is 145 cm³/mol. The molecule has 1 atom stereocenters. The zero-order chi connectivity index (χ0) is 26.0. The van der Waals surface area contributed by atoms with E-state index in [2.05, 4.69) is 0 Å². The number of fused-ring (bicyclic) bond motifs is 1. The Morgan fingerprint density at radius 3 is 2.59 bits per heavy atom. The SMILES string of the molecule is CCOc1ccc2nc(N(CC3CCCO3)C(=O)C3CCN(S(=O)(=O)c4ccc(C)cc4)CC3)sc2c1. The van der Waals surface area contributed by atoms with Crippen LogP contribution in [0.25, 0.3) is 10.2 Å². The van der Waals surface area contributed by atoms with Crippen molar-refractivity contribution < 1.29 is 22.7 Å². The van der Waals surface area contributed by atoms with Gasteiger partial charge >= 0.3 is 0 Å². The summed E-state index contributed by atoms with van der Waals surface area (Å²) in [5.41, 5.74) is 1.84. The van der Waals surface area contributed by atoms with E-state index in [1.165, 1.54) is 15.6 Å². The molecule has 198 valence electrons. The van der Waals surface area contributed by atoms with Crippen LogP contribution in [0.5, 0.6) is 5.75 Å². The van der Waals surface area contributed by atoms with Gasteiger partial charge in [0.25, 0.3) is 0 Å². The number of hydrogen-bond acceptors (Lipinski definition) is 7. The first-order valence-electron chi connectivity index (χ1n) is 12.9. The van der Waals surface area contributed by atoms with Crippen LogP contribution in [0.4, 0.5) is 5.13 Å². The number of anilines is 1. The van der Waals surface area contributed by atoms with Crippen molar-refractivity contribution >= 4 is 42.6 Å². The molecule has 1 amide bonds. The molecule has 3 aromatic rings. The van der Waals surface area contributed by atoms with Gasteiger partial charge in [0, 0.05) is 25.6 Å². The molecule has 5 rings (SSSR count). The van der Waals surface area contributed by atoms with Gasteiger partial charge in [-0.2, -0.15) is 4.31 Å². The van der Waals surface area contributed by atoms with E-state index in [-0.39, 0.29) is 17.9 Å². The minimum Gasteiger partial charge on any atom is -0.494 e. The fourth-order valence-electron chi connectivity index (χ4n) is 4.94. The lowest BCUT2D eigenvalue weighted by molar-refractivity contribution is -0.123. The number of amides is 1. The molecule has 8 nitrogen and oxygen atoms in total. The molecule has 2 aromatic carbocycles. The minimum absolute atomic E-state index is 0.00743. The minimum atomic E-state index is -3.58. The molecule has 37 heavy (non-hydrogen) atoms. The number of thiazole rings is 1. The highest BCUT2D eigenvalue weighted by Gasteiger charge is 2.36. The Kier molecular flexibility index (Phi) is 7.80. The van der Waals surface area contributed by atoms with Gasteiger partial charge in [-0.25, -0.2) is 13.4 Å². The fourth-order valence-corrected chi connectivity index (χ4v) is 7.42. The molecule has 3 heterocycles. The molecule has 10 heteroatoms. The Bertz CT molecular complexity index is 1340. The van der Waals surface area contributed by atoms with Gasteiger partial charge in [0.2, 0.25) is 15.9 Å². The summed E-state index contributed by atoms with van der Waals surface area (Å²) in [4.78, 5) is 20.7. The molecule has 2 aliphatic heterocycles. The van der Waals surface area contributed by atoms with E-state index in [9.17, 15) is 13.2 Å². The summed E-state index contributed by atoms with van der Waals surface area (Å²) in [5.74, 6) is 0.508. The van der Waals surface area contributed by atoms with Gasteiger partial charge in [-0.05, 0) is 69.9 Å². The van der Waals surface area contributed by atoms with Crippen LogP contribution in [-0.4, -0.2) is 62.6 Å². The van der Waals surface area contributed by atoms with Crippen LogP contribution in [0, 0.1) is 12.8 Å². The Morgan fingerprint density at radius 1 is 1.16 bits per heavy atom. The second-order valence-corrected chi connectivity index (χ2v) is 12.6. The average Bonchev–Trinajstić information content (AvgIpc) is 3.57. The Labute approximate surface area is 222 Å². The maximum Gasteiger partial charge on any atom is 0.243 e. The third-order valence-corrected chi connectivity index (χ3v) is 9.98. The number of rotatable bonds is 8. The van der Waals surface area contributed by atoms with E-state index in [4.69, 9.17) is 14.5 Å². The van der Waals surface area contributed by atoms with Gasteiger partial charge in [-0.3, -0.25) is 9.69 Å². The first-order valence-corrected chi connectivity index (χ1v) is 15.1. The number of carbonyl (C=O) groups is 1. The van der Waals surface area contributed by atoms with E-state index in [0.717, 1.165) is 34.4 Å². The van der Waals surface area contributed by atoms with Gasteiger partial charge in [-0.1, -0.05) is 29.0 Å². The normalized spacial score (nSPS) is 19.4. The summed E-state index contributed by atoms with van der Waals surface area (Å²) in [6, 6.07) is 12.7. The van der Waals surface area contributed by atoms with E-state index in [0.29, 0.717) is 55.7 Å². The number of carbonyl (C=O) groups excluding carboxylic acids is 1. The summed E-state index contributed by atoms with van der Waals surface area (Å²) in [5, 5.41) is 0.652. The van der Waals surface area contributed by atoms with Crippen LogP contribution in [0.1, 0.15) is 38.2 Å². The van der Waals surface area contributed by atoms with Crippen molar-refractivity contribution in [3.8, 4) is 5.75 Å². The lowest BCUT2D eigenvalue weighted by Gasteiger charge is -2.33. The van der Waals surface area contributed by atoms with Crippen molar-refractivity contribution in [3.05, 3.63) is 48.0 Å². The molecular formula is C27H33N3O5S2. The highest BCUT2D eigenvalue weighted by atomic mass is 32.2. The van der Waals surface area contributed by atoms with Crippen molar-refractivity contribution in [2.24, 2.45) is 5.92 Å². The molecular weight excluding hydrogens is 510 g/mol. The molecule has 0 spiro atoms. The molecule has 2 fully saturated rings. The Morgan fingerprint density at radius 2 is 1.92 bits per heavy atom. The van der Waals surface area contributed by atoms with Crippen molar-refractivity contribution in [1.82, 2.24) is 9.29 Å². The zero-order valence-corrected chi connectivity index (χ0v) is 22.9. The zero-order valence-electron chi connectivity index (χ0n) is 21.3. The van der Waals surface area contributed by atoms with Crippen molar-refractivity contribution in [3.63, 3.8) is 0 Å². The Hall–Kier alpha value is -2.53. The molecule has 0 saturated carbocycles. The standard InChI is InChI=1S/C27H33N3O5S2/c1-3-34-21-8-11-24-25(17-21)36-27(28-24)30(18-22-5-4-16-35-22)26(31)20-12-14-29(15-13-20)37(32,33)23-9-6-19(2)7-10-23/h6-11,17,20,22H,3-5,12-16,18H2,1-2H3. The first kappa shape index (κ1) is 26.1. The summed E-state index contributed by atoms with van der Waals surface area (Å²) >= 11 is 1.48. The van der Waals surface area contributed by atoms with E-state index >= 15 is 0 Å². The number of sulfonamides is 1. The summed E-state index contributed by atoms with van der Waals surface area (Å²) in [7, 11) is -3.58. The average molecular weight is 544 g/mol. The predicted octanol–water partition coefficient (Wildman–Crippen LogP) is 4.62. The number of benzene rings is 2. The maximum absolute atomic E-state index is 13.8. The van der Waals surface area contributed by atoms with Crippen molar-refractivity contribution in [2.75, 3.05) is 37.7 Å². The third-order valence-electron chi connectivity index (χ3n) is 7.03. The lowest BCUT2D eigenvalue weighted by atomic mass is 9.96. The number of nitrogens with zero attached hydrogens (tertiary/aromatic N) is 3. The van der Waals surface area contributed by atoms with Crippen LogP contribution in [0.2, 0.25) is 0 Å². The number of ether oxygens (including phenoxy) is 2. The second kappa shape index (κ2) is 11.1. The second-order valence-electron chi connectivity index (χ2n) is 9.63. The van der Waals surface area contributed by atoms with E-state index in [1.54, 1.807) is 17.0 Å².